The Bertz CT molecular complexity index is 475. The second-order valence-corrected chi connectivity index (χ2v) is 4.41. The van der Waals surface area contributed by atoms with Crippen LogP contribution in [0.2, 0.25) is 0 Å². The summed E-state index contributed by atoms with van der Waals surface area (Å²) in [6.07, 6.45) is 1.56. The van der Waals surface area contributed by atoms with Gasteiger partial charge in [0.25, 0.3) is 0 Å². The van der Waals surface area contributed by atoms with Gasteiger partial charge in [-0.15, -0.1) is 0 Å². The van der Waals surface area contributed by atoms with Crippen molar-refractivity contribution in [3.05, 3.63) is 29.8 Å². The van der Waals surface area contributed by atoms with E-state index in [0.717, 1.165) is 12.3 Å². The van der Waals surface area contributed by atoms with Gasteiger partial charge in [0.15, 0.2) is 5.54 Å². The molecule has 0 fully saturated rings. The Kier molecular flexibility index (Phi) is 4.58. The number of hydrogen-bond acceptors (Lipinski definition) is 3. The second kappa shape index (κ2) is 5.77. The highest BCUT2D eigenvalue weighted by Gasteiger charge is 2.43. The maximum Gasteiger partial charge on any atom is 0.335 e. The lowest BCUT2D eigenvalue weighted by Crippen LogP contribution is -2.52. The average Bonchev–Trinajstić information content (AvgIpc) is 2.35. The average molecular weight is 268 g/mol. The number of amides is 1. The number of rotatable bonds is 5. The van der Waals surface area contributed by atoms with Gasteiger partial charge in [-0.05, 0) is 25.5 Å². The normalized spacial score (nSPS) is 13.7. The van der Waals surface area contributed by atoms with Gasteiger partial charge in [-0.2, -0.15) is 0 Å². The van der Waals surface area contributed by atoms with Crippen molar-refractivity contribution >= 4 is 11.9 Å². The molecule has 1 amide bonds. The number of nitrogens with zero attached hydrogens (tertiary/aromatic N) is 2. The van der Waals surface area contributed by atoms with Gasteiger partial charge in [-0.1, -0.05) is 6.92 Å². The van der Waals surface area contributed by atoms with Crippen molar-refractivity contribution in [2.45, 2.75) is 32.7 Å². The number of carbonyl (C=O) groups is 2. The summed E-state index contributed by atoms with van der Waals surface area (Å²) in [6.45, 7) is 4.83. The van der Waals surface area contributed by atoms with E-state index in [1.54, 1.807) is 0 Å². The second-order valence-electron chi connectivity index (χ2n) is 4.41. The number of carboxylic acid groups (broad SMARTS) is 1. The van der Waals surface area contributed by atoms with Crippen LogP contribution in [-0.2, 0) is 15.1 Å². The molecule has 1 rings (SSSR count). The minimum absolute atomic E-state index is 0.130. The fourth-order valence-corrected chi connectivity index (χ4v) is 1.95. The van der Waals surface area contributed by atoms with Gasteiger partial charge >= 0.3 is 5.97 Å². The van der Waals surface area contributed by atoms with E-state index < -0.39 is 17.3 Å². The van der Waals surface area contributed by atoms with Crippen LogP contribution in [0.4, 0.5) is 4.39 Å². The Balaban J connectivity index is 3.33. The van der Waals surface area contributed by atoms with E-state index in [-0.39, 0.29) is 18.1 Å². The minimum atomic E-state index is -1.60. The van der Waals surface area contributed by atoms with E-state index in [0.29, 0.717) is 6.42 Å². The van der Waals surface area contributed by atoms with Gasteiger partial charge in [0.2, 0.25) is 5.91 Å². The topological polar surface area (TPSA) is 70.5 Å². The van der Waals surface area contributed by atoms with Crippen LogP contribution < -0.4 is 0 Å². The third-order valence-electron chi connectivity index (χ3n) is 3.01. The van der Waals surface area contributed by atoms with Gasteiger partial charge in [0.05, 0.1) is 11.9 Å². The Morgan fingerprint density at radius 3 is 2.47 bits per heavy atom. The largest absolute Gasteiger partial charge is 0.479 e. The number of carboxylic acids is 1. The summed E-state index contributed by atoms with van der Waals surface area (Å²) < 4.78 is 12.9. The molecule has 0 saturated heterocycles. The summed E-state index contributed by atoms with van der Waals surface area (Å²) in [4.78, 5) is 28.3. The van der Waals surface area contributed by atoms with Crippen molar-refractivity contribution < 1.29 is 19.1 Å². The van der Waals surface area contributed by atoms with Gasteiger partial charge in [-0.25, -0.2) is 9.18 Å². The van der Waals surface area contributed by atoms with Gasteiger partial charge in [-0.3, -0.25) is 9.78 Å². The zero-order valence-electron chi connectivity index (χ0n) is 11.2. The molecular weight excluding hydrogens is 251 g/mol. The van der Waals surface area contributed by atoms with Gasteiger partial charge in [0, 0.05) is 13.5 Å². The molecule has 6 heteroatoms. The molecule has 1 aromatic heterocycles. The van der Waals surface area contributed by atoms with Gasteiger partial charge < -0.3 is 10.0 Å². The van der Waals surface area contributed by atoms with Crippen LogP contribution in [0.3, 0.4) is 0 Å². The molecule has 19 heavy (non-hydrogen) atoms. The Morgan fingerprint density at radius 2 is 2.11 bits per heavy atom. The van der Waals surface area contributed by atoms with Crippen molar-refractivity contribution in [3.8, 4) is 0 Å². The van der Waals surface area contributed by atoms with Crippen LogP contribution in [0.25, 0.3) is 0 Å². The summed E-state index contributed by atoms with van der Waals surface area (Å²) in [5.41, 5.74) is -1.47. The highest BCUT2D eigenvalue weighted by molar-refractivity contribution is 5.86. The Morgan fingerprint density at radius 1 is 1.47 bits per heavy atom. The molecule has 0 aromatic carbocycles. The fraction of sp³-hybridized carbons (Fsp3) is 0.462. The molecule has 0 radical (unpaired) electrons. The zero-order valence-corrected chi connectivity index (χ0v) is 11.2. The molecule has 1 N–H and O–H groups in total. The van der Waals surface area contributed by atoms with E-state index in [1.807, 2.05) is 6.92 Å². The number of pyridine rings is 1. The maximum atomic E-state index is 12.9. The van der Waals surface area contributed by atoms with E-state index >= 15 is 0 Å². The summed E-state index contributed by atoms with van der Waals surface area (Å²) in [6, 6.07) is 2.42. The van der Waals surface area contributed by atoms with Crippen molar-refractivity contribution in [1.29, 1.82) is 0 Å². The third kappa shape index (κ3) is 2.89. The first-order chi connectivity index (χ1) is 8.83. The molecule has 1 atom stereocenters. The minimum Gasteiger partial charge on any atom is -0.479 e. The van der Waals surface area contributed by atoms with Crippen LogP contribution in [0, 0.1) is 5.82 Å². The SMILES string of the molecule is CCCN(C(C)=O)C(C)(C(=O)O)c1ccc(F)cn1. The van der Waals surface area contributed by atoms with E-state index in [1.165, 1.54) is 24.8 Å². The zero-order chi connectivity index (χ0) is 14.6. The molecular formula is C13H17FN2O3. The van der Waals surface area contributed by atoms with E-state index in [4.69, 9.17) is 0 Å². The number of carbonyl (C=O) groups excluding carboxylic acids is 1. The highest BCUT2D eigenvalue weighted by atomic mass is 19.1. The molecule has 0 bridgehead atoms. The molecule has 1 aromatic rings. The van der Waals surface area contributed by atoms with Crippen LogP contribution in [0.5, 0.6) is 0 Å². The number of aromatic nitrogens is 1. The lowest BCUT2D eigenvalue weighted by Gasteiger charge is -2.36. The van der Waals surface area contributed by atoms with Crippen molar-refractivity contribution in [2.24, 2.45) is 0 Å². The fourth-order valence-electron chi connectivity index (χ4n) is 1.95. The number of halogens is 1. The first-order valence-electron chi connectivity index (χ1n) is 5.97. The first-order valence-corrected chi connectivity index (χ1v) is 5.97. The summed E-state index contributed by atoms with van der Waals surface area (Å²) in [5, 5.41) is 9.47. The maximum absolute atomic E-state index is 12.9. The Labute approximate surface area is 111 Å². The third-order valence-corrected chi connectivity index (χ3v) is 3.01. The first kappa shape index (κ1) is 15.1. The van der Waals surface area contributed by atoms with E-state index in [9.17, 15) is 19.1 Å². The van der Waals surface area contributed by atoms with Crippen LogP contribution in [-0.4, -0.2) is 33.4 Å². The van der Waals surface area contributed by atoms with Crippen molar-refractivity contribution in [3.63, 3.8) is 0 Å². The van der Waals surface area contributed by atoms with E-state index in [2.05, 4.69) is 4.98 Å². The molecule has 0 aliphatic heterocycles. The van der Waals surface area contributed by atoms with Crippen LogP contribution >= 0.6 is 0 Å². The molecule has 104 valence electrons. The van der Waals surface area contributed by atoms with Crippen LogP contribution in [0.15, 0.2) is 18.3 Å². The molecule has 1 heterocycles. The molecule has 0 aliphatic rings. The Hall–Kier alpha value is -1.98. The standard InChI is InChI=1S/C13H17FN2O3/c1-4-7-16(9(2)17)13(3,12(18)19)11-6-5-10(14)8-15-11/h5-6,8H,4,7H2,1-3H3,(H,18,19). The molecule has 0 aliphatic carbocycles. The predicted molar refractivity (Wildman–Crippen MR) is 66.9 cm³/mol. The van der Waals surface area contributed by atoms with Gasteiger partial charge in [0.1, 0.15) is 5.82 Å². The smallest absolute Gasteiger partial charge is 0.335 e. The summed E-state index contributed by atoms with van der Waals surface area (Å²) in [7, 11) is 0. The summed E-state index contributed by atoms with van der Waals surface area (Å²) in [5.74, 6) is -2.12. The van der Waals surface area contributed by atoms with Crippen molar-refractivity contribution in [2.75, 3.05) is 6.54 Å². The molecule has 0 spiro atoms. The molecule has 1 unspecified atom stereocenters. The molecule has 0 saturated carbocycles. The lowest BCUT2D eigenvalue weighted by molar-refractivity contribution is -0.158. The predicted octanol–water partition coefficient (Wildman–Crippen LogP) is 1.78. The molecule has 5 nitrogen and oxygen atoms in total. The van der Waals surface area contributed by atoms with Crippen molar-refractivity contribution in [1.82, 2.24) is 9.88 Å². The van der Waals surface area contributed by atoms with Crippen LogP contribution in [0.1, 0.15) is 32.9 Å². The number of hydrogen-bond donors (Lipinski definition) is 1. The number of aliphatic carboxylic acids is 1. The highest BCUT2D eigenvalue weighted by Crippen LogP contribution is 2.27. The monoisotopic (exact) mass is 268 g/mol. The quantitative estimate of drug-likeness (QED) is 0.883. The lowest BCUT2D eigenvalue weighted by atomic mass is 9.94. The summed E-state index contributed by atoms with van der Waals surface area (Å²) >= 11 is 0.